The second-order valence-corrected chi connectivity index (χ2v) is 4.02. The fraction of sp³-hybridized carbons (Fsp3) is 0.429. The van der Waals surface area contributed by atoms with E-state index in [-0.39, 0.29) is 0 Å². The van der Waals surface area contributed by atoms with Gasteiger partial charge in [0.1, 0.15) is 0 Å². The van der Waals surface area contributed by atoms with Crippen LogP contribution in [-0.4, -0.2) is 0 Å². The molecule has 1 aromatic rings. The SMILES string of the molecule is [CH]=CCCCc1ccc(C(C)C)cc1. The van der Waals surface area contributed by atoms with Crippen molar-refractivity contribution in [3.05, 3.63) is 48.0 Å². The largest absolute Gasteiger partial charge is 0.0845 e. The standard InChI is InChI=1S/C14H19/c1-4-5-6-7-13-8-10-14(11-9-13)12(2)3/h1,4,8-12H,5-7H2,2-3H3. The first-order chi connectivity index (χ1) is 6.74. The molecule has 0 heterocycles. The van der Waals surface area contributed by atoms with Crippen molar-refractivity contribution in [1.29, 1.82) is 0 Å². The molecule has 14 heavy (non-hydrogen) atoms. The molecule has 0 atom stereocenters. The summed E-state index contributed by atoms with van der Waals surface area (Å²) in [6.45, 7) is 9.77. The molecule has 0 N–H and O–H groups in total. The quantitative estimate of drug-likeness (QED) is 0.608. The molecule has 0 bridgehead atoms. The topological polar surface area (TPSA) is 0 Å². The molecular formula is C14H19. The molecule has 0 unspecified atom stereocenters. The van der Waals surface area contributed by atoms with Crippen LogP contribution in [0.25, 0.3) is 0 Å². The smallest absolute Gasteiger partial charge is 0.0219 e. The maximum atomic E-state index is 5.33. The van der Waals surface area contributed by atoms with Crippen LogP contribution in [0.4, 0.5) is 0 Å². The summed E-state index contributed by atoms with van der Waals surface area (Å²) in [7, 11) is 0. The number of hydrogen-bond donors (Lipinski definition) is 0. The molecule has 1 rings (SSSR count). The van der Waals surface area contributed by atoms with Gasteiger partial charge in [-0.25, -0.2) is 0 Å². The molecule has 1 radical (unpaired) electrons. The van der Waals surface area contributed by atoms with E-state index in [1.165, 1.54) is 11.1 Å². The molecule has 0 aromatic heterocycles. The van der Waals surface area contributed by atoms with E-state index in [4.69, 9.17) is 6.58 Å². The fourth-order valence-corrected chi connectivity index (χ4v) is 1.49. The van der Waals surface area contributed by atoms with Gasteiger partial charge in [0.2, 0.25) is 0 Å². The van der Waals surface area contributed by atoms with Gasteiger partial charge in [-0.3, -0.25) is 0 Å². The van der Waals surface area contributed by atoms with Gasteiger partial charge < -0.3 is 0 Å². The lowest BCUT2D eigenvalue weighted by Gasteiger charge is -2.06. The number of rotatable bonds is 5. The van der Waals surface area contributed by atoms with E-state index in [0.717, 1.165) is 19.3 Å². The second-order valence-electron chi connectivity index (χ2n) is 4.02. The number of unbranched alkanes of at least 4 members (excludes halogenated alkanes) is 1. The van der Waals surface area contributed by atoms with E-state index in [1.54, 1.807) is 6.08 Å². The van der Waals surface area contributed by atoms with Crippen molar-refractivity contribution in [3.8, 4) is 0 Å². The maximum absolute atomic E-state index is 5.33. The summed E-state index contributed by atoms with van der Waals surface area (Å²) < 4.78 is 0. The van der Waals surface area contributed by atoms with Gasteiger partial charge in [-0.15, -0.1) is 0 Å². The van der Waals surface area contributed by atoms with Crippen molar-refractivity contribution in [2.75, 3.05) is 0 Å². The normalized spacial score (nSPS) is 10.5. The Labute approximate surface area is 87.7 Å². The monoisotopic (exact) mass is 187 g/mol. The average Bonchev–Trinajstić information content (AvgIpc) is 2.19. The lowest BCUT2D eigenvalue weighted by atomic mass is 10.00. The Morgan fingerprint density at radius 1 is 1.21 bits per heavy atom. The predicted molar refractivity (Wildman–Crippen MR) is 62.3 cm³/mol. The van der Waals surface area contributed by atoms with Crippen LogP contribution < -0.4 is 0 Å². The second kappa shape index (κ2) is 5.64. The minimum atomic E-state index is 0.626. The molecule has 0 heteroatoms. The molecule has 1 aromatic carbocycles. The highest BCUT2D eigenvalue weighted by Crippen LogP contribution is 2.15. The third-order valence-corrected chi connectivity index (χ3v) is 2.48. The fourth-order valence-electron chi connectivity index (χ4n) is 1.49. The average molecular weight is 187 g/mol. The molecule has 75 valence electrons. The first kappa shape index (κ1) is 11.0. The maximum Gasteiger partial charge on any atom is -0.0219 e. The van der Waals surface area contributed by atoms with E-state index >= 15 is 0 Å². The molecule has 0 spiro atoms. The zero-order valence-electron chi connectivity index (χ0n) is 9.16. The van der Waals surface area contributed by atoms with Crippen molar-refractivity contribution >= 4 is 0 Å². The van der Waals surface area contributed by atoms with E-state index < -0.39 is 0 Å². The summed E-state index contributed by atoms with van der Waals surface area (Å²) in [5, 5.41) is 0. The molecule has 0 nitrogen and oxygen atoms in total. The van der Waals surface area contributed by atoms with Gasteiger partial charge in [-0.05, 0) is 36.3 Å². The van der Waals surface area contributed by atoms with Crippen LogP contribution in [0.5, 0.6) is 0 Å². The Morgan fingerprint density at radius 2 is 1.86 bits per heavy atom. The van der Waals surface area contributed by atoms with Crippen LogP contribution >= 0.6 is 0 Å². The van der Waals surface area contributed by atoms with Gasteiger partial charge >= 0.3 is 0 Å². The van der Waals surface area contributed by atoms with Crippen molar-refractivity contribution in [3.63, 3.8) is 0 Å². The Balaban J connectivity index is 2.51. The lowest BCUT2D eigenvalue weighted by Crippen LogP contribution is -1.89. The Hall–Kier alpha value is -1.04. The zero-order chi connectivity index (χ0) is 10.4. The highest BCUT2D eigenvalue weighted by atomic mass is 14.0. The number of hydrogen-bond acceptors (Lipinski definition) is 0. The van der Waals surface area contributed by atoms with Crippen LogP contribution in [-0.2, 0) is 6.42 Å². The molecule has 0 amide bonds. The van der Waals surface area contributed by atoms with Gasteiger partial charge in [-0.2, -0.15) is 0 Å². The van der Waals surface area contributed by atoms with Gasteiger partial charge in [0.25, 0.3) is 0 Å². The third kappa shape index (κ3) is 3.37. The van der Waals surface area contributed by atoms with Gasteiger partial charge in [0, 0.05) is 0 Å². The lowest BCUT2D eigenvalue weighted by molar-refractivity contribution is 0.835. The van der Waals surface area contributed by atoms with E-state index in [9.17, 15) is 0 Å². The molecule has 0 aliphatic heterocycles. The highest BCUT2D eigenvalue weighted by Gasteiger charge is 1.98. The minimum absolute atomic E-state index is 0.626. The van der Waals surface area contributed by atoms with Crippen molar-refractivity contribution in [2.24, 2.45) is 0 Å². The highest BCUT2D eigenvalue weighted by molar-refractivity contribution is 5.24. The summed E-state index contributed by atoms with van der Waals surface area (Å²) in [5.41, 5.74) is 2.83. The Morgan fingerprint density at radius 3 is 2.36 bits per heavy atom. The van der Waals surface area contributed by atoms with Crippen LogP contribution in [0.15, 0.2) is 30.3 Å². The molecular weight excluding hydrogens is 168 g/mol. The summed E-state index contributed by atoms with van der Waals surface area (Å²) >= 11 is 0. The van der Waals surface area contributed by atoms with Crippen molar-refractivity contribution in [2.45, 2.75) is 39.0 Å². The van der Waals surface area contributed by atoms with Crippen LogP contribution in [0.1, 0.15) is 43.7 Å². The van der Waals surface area contributed by atoms with Crippen LogP contribution in [0.3, 0.4) is 0 Å². The predicted octanol–water partition coefficient (Wildman–Crippen LogP) is 4.12. The summed E-state index contributed by atoms with van der Waals surface area (Å²) in [6.07, 6.45) is 5.03. The van der Waals surface area contributed by atoms with Crippen LogP contribution in [0.2, 0.25) is 0 Å². The third-order valence-electron chi connectivity index (χ3n) is 2.48. The summed E-state index contributed by atoms with van der Waals surface area (Å²) in [5.74, 6) is 0.626. The van der Waals surface area contributed by atoms with E-state index in [0.29, 0.717) is 5.92 Å². The molecule has 0 saturated heterocycles. The Bertz CT molecular complexity index is 267. The minimum Gasteiger partial charge on any atom is -0.0845 e. The summed E-state index contributed by atoms with van der Waals surface area (Å²) in [4.78, 5) is 0. The van der Waals surface area contributed by atoms with E-state index in [1.807, 2.05) is 0 Å². The Kier molecular flexibility index (Phi) is 4.45. The first-order valence-electron chi connectivity index (χ1n) is 5.36. The van der Waals surface area contributed by atoms with Gasteiger partial charge in [0.05, 0.1) is 0 Å². The first-order valence-corrected chi connectivity index (χ1v) is 5.36. The van der Waals surface area contributed by atoms with Crippen molar-refractivity contribution < 1.29 is 0 Å². The zero-order valence-corrected chi connectivity index (χ0v) is 9.16. The number of aryl methyl sites for hydroxylation is 1. The van der Waals surface area contributed by atoms with Gasteiger partial charge in [0.15, 0.2) is 0 Å². The van der Waals surface area contributed by atoms with Crippen molar-refractivity contribution in [1.82, 2.24) is 0 Å². The number of benzene rings is 1. The van der Waals surface area contributed by atoms with E-state index in [2.05, 4.69) is 38.1 Å². The molecule has 0 saturated carbocycles. The van der Waals surface area contributed by atoms with Crippen LogP contribution in [0, 0.1) is 6.58 Å². The molecule has 0 aliphatic rings. The number of allylic oxidation sites excluding steroid dienone is 1. The summed E-state index contributed by atoms with van der Waals surface area (Å²) in [6, 6.07) is 8.91. The van der Waals surface area contributed by atoms with Gasteiger partial charge in [-0.1, -0.05) is 50.8 Å². The molecule has 0 aliphatic carbocycles. The molecule has 0 fully saturated rings.